The lowest BCUT2D eigenvalue weighted by atomic mass is 9.74. The van der Waals surface area contributed by atoms with Crippen LogP contribution in [0.15, 0.2) is 4.99 Å². The van der Waals surface area contributed by atoms with E-state index in [1.54, 1.807) is 0 Å². The molecule has 0 aromatic heterocycles. The number of guanidine groups is 1. The summed E-state index contributed by atoms with van der Waals surface area (Å²) in [5.74, 6) is 1.88. The molecule has 1 aliphatic carbocycles. The van der Waals surface area contributed by atoms with E-state index in [4.69, 9.17) is 4.99 Å². The van der Waals surface area contributed by atoms with Crippen molar-refractivity contribution in [1.29, 1.82) is 0 Å². The van der Waals surface area contributed by atoms with E-state index < -0.39 is 9.84 Å². The second-order valence-corrected chi connectivity index (χ2v) is 11.6. The van der Waals surface area contributed by atoms with E-state index in [2.05, 4.69) is 24.1 Å². The fourth-order valence-corrected chi connectivity index (χ4v) is 6.92. The number of hydrogen-bond acceptors (Lipinski definition) is 3. The van der Waals surface area contributed by atoms with Gasteiger partial charge in [0.15, 0.2) is 15.8 Å². The largest absolute Gasteiger partial charge is 0.354 e. The maximum atomic E-state index is 11.8. The molecule has 0 radical (unpaired) electrons. The first-order chi connectivity index (χ1) is 12.9. The predicted molar refractivity (Wildman–Crippen MR) is 128 cm³/mol. The summed E-state index contributed by atoms with van der Waals surface area (Å²) in [4.78, 5) is 7.44. The molecule has 2 saturated heterocycles. The van der Waals surface area contributed by atoms with Crippen LogP contribution in [0, 0.1) is 11.3 Å². The Morgan fingerprint density at radius 3 is 2.46 bits per heavy atom. The highest BCUT2D eigenvalue weighted by molar-refractivity contribution is 14.0. The standard InChI is InChI=1S/C21H39N3O2S.HI/c1-3-18(2)23-20(22-15-19-9-14-27(25,26)16-19)24-13-8-12-21(17-24)10-6-4-5-7-11-21;/h18-19H,3-17H2,1-2H3,(H,22,23);1H. The summed E-state index contributed by atoms with van der Waals surface area (Å²) in [6, 6.07) is 0.392. The number of nitrogens with zero attached hydrogens (tertiary/aromatic N) is 2. The van der Waals surface area contributed by atoms with Crippen molar-refractivity contribution in [2.75, 3.05) is 31.1 Å². The molecule has 7 heteroatoms. The van der Waals surface area contributed by atoms with Gasteiger partial charge in [0.05, 0.1) is 11.5 Å². The van der Waals surface area contributed by atoms with Crippen molar-refractivity contribution >= 4 is 39.8 Å². The van der Waals surface area contributed by atoms with Gasteiger partial charge in [0.2, 0.25) is 0 Å². The molecular weight excluding hydrogens is 485 g/mol. The molecule has 2 unspecified atom stereocenters. The fourth-order valence-electron chi connectivity index (χ4n) is 5.07. The van der Waals surface area contributed by atoms with Crippen LogP contribution in [0.1, 0.15) is 78.1 Å². The lowest BCUT2D eigenvalue weighted by Gasteiger charge is -2.44. The maximum Gasteiger partial charge on any atom is 0.194 e. The van der Waals surface area contributed by atoms with Gasteiger partial charge in [0.25, 0.3) is 0 Å². The second-order valence-electron chi connectivity index (χ2n) is 9.33. The summed E-state index contributed by atoms with van der Waals surface area (Å²) in [5, 5.41) is 3.65. The van der Waals surface area contributed by atoms with Crippen LogP contribution in [0.3, 0.4) is 0 Å². The molecule has 5 nitrogen and oxygen atoms in total. The minimum Gasteiger partial charge on any atom is -0.354 e. The normalized spacial score (nSPS) is 28.4. The maximum absolute atomic E-state index is 11.8. The number of sulfone groups is 1. The molecule has 0 aromatic rings. The number of halogens is 1. The van der Waals surface area contributed by atoms with Crippen molar-refractivity contribution in [3.8, 4) is 0 Å². The topological polar surface area (TPSA) is 61.8 Å². The Morgan fingerprint density at radius 1 is 1.18 bits per heavy atom. The molecule has 2 atom stereocenters. The van der Waals surface area contributed by atoms with E-state index in [1.807, 2.05) is 0 Å². The van der Waals surface area contributed by atoms with Gasteiger partial charge in [-0.05, 0) is 56.8 Å². The van der Waals surface area contributed by atoms with Crippen molar-refractivity contribution in [3.63, 3.8) is 0 Å². The van der Waals surface area contributed by atoms with Gasteiger partial charge in [-0.2, -0.15) is 0 Å². The van der Waals surface area contributed by atoms with Crippen molar-refractivity contribution in [3.05, 3.63) is 0 Å². The van der Waals surface area contributed by atoms with E-state index >= 15 is 0 Å². The van der Waals surface area contributed by atoms with Gasteiger partial charge >= 0.3 is 0 Å². The first kappa shape index (κ1) is 24.2. The van der Waals surface area contributed by atoms with Gasteiger partial charge in [-0.25, -0.2) is 8.42 Å². The van der Waals surface area contributed by atoms with Gasteiger partial charge in [0, 0.05) is 25.7 Å². The summed E-state index contributed by atoms with van der Waals surface area (Å²) in [6.07, 6.45) is 12.7. The van der Waals surface area contributed by atoms with Gasteiger partial charge in [-0.15, -0.1) is 24.0 Å². The molecule has 3 aliphatic rings. The van der Waals surface area contributed by atoms with Crippen LogP contribution in [-0.2, 0) is 9.84 Å². The van der Waals surface area contributed by atoms with Crippen LogP contribution in [0.25, 0.3) is 0 Å². The molecule has 0 amide bonds. The molecule has 0 bridgehead atoms. The van der Waals surface area contributed by atoms with E-state index in [9.17, 15) is 8.42 Å². The number of rotatable bonds is 4. The minimum absolute atomic E-state index is 0. The van der Waals surface area contributed by atoms with E-state index in [1.165, 1.54) is 51.4 Å². The number of hydrogen-bond donors (Lipinski definition) is 1. The van der Waals surface area contributed by atoms with Gasteiger partial charge in [-0.3, -0.25) is 4.99 Å². The average Bonchev–Trinajstić information content (AvgIpc) is 2.85. The lowest BCUT2D eigenvalue weighted by molar-refractivity contribution is 0.115. The first-order valence-corrected chi connectivity index (χ1v) is 13.0. The second kappa shape index (κ2) is 10.8. The van der Waals surface area contributed by atoms with Crippen LogP contribution in [-0.4, -0.2) is 56.5 Å². The van der Waals surface area contributed by atoms with Gasteiger partial charge < -0.3 is 10.2 Å². The zero-order chi connectivity index (χ0) is 19.3. The predicted octanol–water partition coefficient (Wildman–Crippen LogP) is 4.22. The molecule has 164 valence electrons. The number of likely N-dealkylation sites (tertiary alicyclic amines) is 1. The van der Waals surface area contributed by atoms with Crippen molar-refractivity contribution in [2.24, 2.45) is 16.3 Å². The molecule has 3 fully saturated rings. The van der Waals surface area contributed by atoms with E-state index in [0.717, 1.165) is 31.9 Å². The molecular formula is C21H40IN3O2S. The van der Waals surface area contributed by atoms with E-state index in [-0.39, 0.29) is 29.9 Å². The third kappa shape index (κ3) is 6.74. The number of piperidine rings is 1. The smallest absolute Gasteiger partial charge is 0.194 e. The molecule has 1 N–H and O–H groups in total. The third-order valence-electron chi connectivity index (χ3n) is 6.94. The minimum atomic E-state index is -2.83. The number of nitrogens with one attached hydrogen (secondary N) is 1. The monoisotopic (exact) mass is 525 g/mol. The van der Waals surface area contributed by atoms with E-state index in [0.29, 0.717) is 29.5 Å². The van der Waals surface area contributed by atoms with Crippen LogP contribution >= 0.6 is 24.0 Å². The van der Waals surface area contributed by atoms with Crippen LogP contribution < -0.4 is 5.32 Å². The van der Waals surface area contributed by atoms with Crippen LogP contribution in [0.4, 0.5) is 0 Å². The summed E-state index contributed by atoms with van der Waals surface area (Å²) in [5.41, 5.74) is 0.476. The van der Waals surface area contributed by atoms with Crippen LogP contribution in [0.2, 0.25) is 0 Å². The van der Waals surface area contributed by atoms with Crippen molar-refractivity contribution < 1.29 is 8.42 Å². The highest BCUT2D eigenvalue weighted by Gasteiger charge is 2.37. The Hall–Kier alpha value is -0.0500. The summed E-state index contributed by atoms with van der Waals surface area (Å²) in [6.45, 7) is 7.25. The van der Waals surface area contributed by atoms with Crippen molar-refractivity contribution in [2.45, 2.75) is 84.1 Å². The quantitative estimate of drug-likeness (QED) is 0.339. The van der Waals surface area contributed by atoms with Crippen LogP contribution in [0.5, 0.6) is 0 Å². The summed E-state index contributed by atoms with van der Waals surface area (Å²) < 4.78 is 23.5. The molecule has 2 heterocycles. The Balaban J connectivity index is 0.00000280. The molecule has 1 saturated carbocycles. The SMILES string of the molecule is CCC(C)NC(=NCC1CCS(=O)(=O)C1)N1CCCC2(CCCCCC2)C1.I. The molecule has 2 aliphatic heterocycles. The molecule has 3 rings (SSSR count). The highest BCUT2D eigenvalue weighted by atomic mass is 127. The van der Waals surface area contributed by atoms with Gasteiger partial charge in [-0.1, -0.05) is 32.6 Å². The van der Waals surface area contributed by atoms with Gasteiger partial charge in [0.1, 0.15) is 0 Å². The van der Waals surface area contributed by atoms with Crippen molar-refractivity contribution in [1.82, 2.24) is 10.2 Å². The molecule has 28 heavy (non-hydrogen) atoms. The zero-order valence-corrected chi connectivity index (χ0v) is 20.9. The first-order valence-electron chi connectivity index (χ1n) is 11.2. The highest BCUT2D eigenvalue weighted by Crippen LogP contribution is 2.42. The molecule has 1 spiro atoms. The third-order valence-corrected chi connectivity index (χ3v) is 8.78. The number of aliphatic imine (C=N–C) groups is 1. The summed E-state index contributed by atoms with van der Waals surface area (Å²) in [7, 11) is -2.83. The fraction of sp³-hybridized carbons (Fsp3) is 0.952. The molecule has 0 aromatic carbocycles. The Bertz CT molecular complexity index is 615. The Labute approximate surface area is 189 Å². The Morgan fingerprint density at radius 2 is 1.86 bits per heavy atom. The Kier molecular flexibility index (Phi) is 9.36. The zero-order valence-electron chi connectivity index (χ0n) is 17.8. The average molecular weight is 526 g/mol. The summed E-state index contributed by atoms with van der Waals surface area (Å²) >= 11 is 0. The lowest BCUT2D eigenvalue weighted by Crippen LogP contribution is -2.52.